The lowest BCUT2D eigenvalue weighted by molar-refractivity contribution is -0.139. The molecule has 2 fully saturated rings. The third-order valence-electron chi connectivity index (χ3n) is 6.29. The van der Waals surface area contributed by atoms with Gasteiger partial charge < -0.3 is 26.0 Å². The number of epoxide rings is 1. The lowest BCUT2D eigenvalue weighted by Crippen LogP contribution is -2.56. The number of ether oxygens (including phenoxy) is 1. The summed E-state index contributed by atoms with van der Waals surface area (Å²) in [6.07, 6.45) is 4.66. The smallest absolute Gasteiger partial charge is 0.243 e. The van der Waals surface area contributed by atoms with Crippen LogP contribution in [0.5, 0.6) is 0 Å². The van der Waals surface area contributed by atoms with Crippen LogP contribution in [-0.4, -0.2) is 71.8 Å². The van der Waals surface area contributed by atoms with Gasteiger partial charge in [-0.2, -0.15) is 0 Å². The van der Waals surface area contributed by atoms with Crippen LogP contribution in [0.25, 0.3) is 0 Å². The lowest BCUT2D eigenvalue weighted by Gasteiger charge is -2.27. The summed E-state index contributed by atoms with van der Waals surface area (Å²) in [6, 6.07) is -2.03. The number of amides is 3. The van der Waals surface area contributed by atoms with Gasteiger partial charge in [-0.15, -0.1) is 0 Å². The van der Waals surface area contributed by atoms with E-state index in [1.165, 1.54) is 4.90 Å². The maximum absolute atomic E-state index is 13.2. The fourth-order valence-corrected chi connectivity index (χ4v) is 4.06. The molecule has 0 spiro atoms. The van der Waals surface area contributed by atoms with Crippen molar-refractivity contribution in [3.05, 3.63) is 0 Å². The van der Waals surface area contributed by atoms with Gasteiger partial charge in [-0.25, -0.2) is 0 Å². The number of nitrogens with two attached hydrogens (primary N) is 1. The van der Waals surface area contributed by atoms with Gasteiger partial charge in [0.05, 0.1) is 19.2 Å². The van der Waals surface area contributed by atoms with Crippen molar-refractivity contribution in [3.8, 4) is 0 Å². The second-order valence-corrected chi connectivity index (χ2v) is 9.57. The quantitative estimate of drug-likeness (QED) is 0.355. The first kappa shape index (κ1) is 26.3. The van der Waals surface area contributed by atoms with Crippen LogP contribution in [-0.2, 0) is 23.9 Å². The Kier molecular flexibility index (Phi) is 9.64. The minimum atomic E-state index is -0.829. The maximum Gasteiger partial charge on any atom is 0.243 e. The van der Waals surface area contributed by atoms with Crippen molar-refractivity contribution in [2.24, 2.45) is 11.7 Å². The Morgan fingerprint density at radius 3 is 2.38 bits per heavy atom. The molecule has 2 aliphatic rings. The lowest BCUT2D eigenvalue weighted by atomic mass is 9.93. The van der Waals surface area contributed by atoms with Crippen molar-refractivity contribution in [1.29, 1.82) is 0 Å². The highest BCUT2D eigenvalue weighted by Crippen LogP contribution is 2.29. The van der Waals surface area contributed by atoms with Crippen LogP contribution < -0.4 is 16.4 Å². The molecule has 0 aromatic heterocycles. The molecule has 9 nitrogen and oxygen atoms in total. The minimum absolute atomic E-state index is 0.123. The van der Waals surface area contributed by atoms with E-state index in [-0.39, 0.29) is 30.0 Å². The molecule has 3 amide bonds. The summed E-state index contributed by atoms with van der Waals surface area (Å²) in [4.78, 5) is 52.6. The van der Waals surface area contributed by atoms with Crippen LogP contribution in [0.15, 0.2) is 0 Å². The first-order valence-electron chi connectivity index (χ1n) is 11.9. The number of nitrogens with one attached hydrogen (secondary N) is 2. The number of nitrogens with zero attached hydrogens (tertiary/aromatic N) is 1. The highest BCUT2D eigenvalue weighted by Gasteiger charge is 2.50. The normalized spacial score (nSPS) is 24.2. The number of unbranched alkanes of at least 4 members (excludes halogenated alkanes) is 1. The second kappa shape index (κ2) is 11.7. The number of carbonyl (C=O) groups is 4. The summed E-state index contributed by atoms with van der Waals surface area (Å²) in [5.74, 6) is -0.716. The zero-order chi connectivity index (χ0) is 23.9. The van der Waals surface area contributed by atoms with Crippen molar-refractivity contribution >= 4 is 23.5 Å². The molecule has 182 valence electrons. The van der Waals surface area contributed by atoms with Gasteiger partial charge in [0.1, 0.15) is 17.7 Å². The predicted molar refractivity (Wildman–Crippen MR) is 121 cm³/mol. The van der Waals surface area contributed by atoms with Crippen molar-refractivity contribution in [1.82, 2.24) is 15.5 Å². The van der Waals surface area contributed by atoms with E-state index in [2.05, 4.69) is 24.5 Å². The van der Waals surface area contributed by atoms with Crippen LogP contribution in [0.4, 0.5) is 0 Å². The molecule has 0 bridgehead atoms. The van der Waals surface area contributed by atoms with Gasteiger partial charge in [-0.05, 0) is 44.9 Å². The van der Waals surface area contributed by atoms with Gasteiger partial charge >= 0.3 is 0 Å². The first-order valence-corrected chi connectivity index (χ1v) is 11.9. The first-order chi connectivity index (χ1) is 15.1. The molecule has 0 aromatic carbocycles. The Hall–Kier alpha value is -2.00. The van der Waals surface area contributed by atoms with Crippen LogP contribution in [0.3, 0.4) is 0 Å². The highest BCUT2D eigenvalue weighted by molar-refractivity contribution is 5.98. The van der Waals surface area contributed by atoms with Crippen LogP contribution in [0, 0.1) is 5.92 Å². The Bertz CT molecular complexity index is 692. The van der Waals surface area contributed by atoms with Crippen molar-refractivity contribution < 1.29 is 23.9 Å². The zero-order valence-electron chi connectivity index (χ0n) is 19.9. The van der Waals surface area contributed by atoms with E-state index in [9.17, 15) is 19.2 Å². The van der Waals surface area contributed by atoms with E-state index < -0.39 is 23.7 Å². The summed E-state index contributed by atoms with van der Waals surface area (Å²) >= 11 is 0. The largest absolute Gasteiger partial charge is 0.361 e. The van der Waals surface area contributed by atoms with E-state index >= 15 is 0 Å². The molecular weight excluding hydrogens is 412 g/mol. The molecule has 0 aromatic rings. The summed E-state index contributed by atoms with van der Waals surface area (Å²) < 4.78 is 5.31. The summed E-state index contributed by atoms with van der Waals surface area (Å²) in [6.45, 7) is 8.59. The van der Waals surface area contributed by atoms with Gasteiger partial charge in [0.25, 0.3) is 0 Å². The molecule has 0 unspecified atom stereocenters. The van der Waals surface area contributed by atoms with Gasteiger partial charge in [0.2, 0.25) is 17.7 Å². The molecule has 2 saturated heterocycles. The topological polar surface area (TPSA) is 134 Å². The standard InChI is InChI=1S/C23H40N4O5/c1-5-6-8-17(26-22(31)18-9-7-12-27(18)19(28)13-24)21(30)25-16(11-10-15(2)3)20(29)23(4)14-32-23/h15-18H,5-14,24H2,1-4H3,(H,25,30)(H,26,31)/t16-,17-,18-,23+/m0/s1. The van der Waals surface area contributed by atoms with E-state index in [1.807, 2.05) is 6.92 Å². The Balaban J connectivity index is 2.08. The number of hydrogen-bond acceptors (Lipinski definition) is 6. The molecular formula is C23H40N4O5. The average Bonchev–Trinajstić information content (AvgIpc) is 3.32. The van der Waals surface area contributed by atoms with Crippen LogP contribution >= 0.6 is 0 Å². The van der Waals surface area contributed by atoms with Gasteiger partial charge in [-0.3, -0.25) is 19.2 Å². The second-order valence-electron chi connectivity index (χ2n) is 9.57. The molecule has 0 aliphatic carbocycles. The van der Waals surface area contributed by atoms with Crippen molar-refractivity contribution in [2.75, 3.05) is 19.7 Å². The number of rotatable bonds is 13. The number of carbonyl (C=O) groups excluding carboxylic acids is 4. The number of Topliss-reactive ketones (excluding diaryl/α,β-unsaturated/α-hetero) is 1. The maximum atomic E-state index is 13.2. The fraction of sp³-hybridized carbons (Fsp3) is 0.826. The zero-order valence-corrected chi connectivity index (χ0v) is 19.9. The third-order valence-corrected chi connectivity index (χ3v) is 6.29. The Morgan fingerprint density at radius 2 is 1.81 bits per heavy atom. The monoisotopic (exact) mass is 452 g/mol. The van der Waals surface area contributed by atoms with E-state index in [0.717, 1.165) is 25.7 Å². The van der Waals surface area contributed by atoms with Gasteiger partial charge in [-0.1, -0.05) is 33.6 Å². The molecule has 0 radical (unpaired) electrons. The molecule has 0 saturated carbocycles. The van der Waals surface area contributed by atoms with E-state index in [4.69, 9.17) is 10.5 Å². The summed E-state index contributed by atoms with van der Waals surface area (Å²) in [5.41, 5.74) is 4.64. The molecule has 9 heteroatoms. The number of likely N-dealkylation sites (tertiary alicyclic amines) is 1. The SMILES string of the molecule is CCCC[C@H](NC(=O)[C@@H]1CCCN1C(=O)CN)C(=O)N[C@@H](CCC(C)C)C(=O)[C@@]1(C)CO1. The Morgan fingerprint density at radius 1 is 1.12 bits per heavy atom. The van der Waals surface area contributed by atoms with E-state index in [1.54, 1.807) is 6.92 Å². The molecule has 4 N–H and O–H groups in total. The number of ketones is 1. The highest BCUT2D eigenvalue weighted by atomic mass is 16.6. The molecule has 2 rings (SSSR count). The van der Waals surface area contributed by atoms with Gasteiger partial charge in [0.15, 0.2) is 5.78 Å². The number of hydrogen-bond donors (Lipinski definition) is 3. The molecule has 32 heavy (non-hydrogen) atoms. The van der Waals surface area contributed by atoms with Crippen LogP contribution in [0.2, 0.25) is 0 Å². The predicted octanol–water partition coefficient (Wildman–Crippen LogP) is 0.890. The summed E-state index contributed by atoms with van der Waals surface area (Å²) in [5, 5.41) is 5.72. The Labute approximate surface area is 191 Å². The average molecular weight is 453 g/mol. The summed E-state index contributed by atoms with van der Waals surface area (Å²) in [7, 11) is 0. The molecule has 2 aliphatic heterocycles. The minimum Gasteiger partial charge on any atom is -0.361 e. The van der Waals surface area contributed by atoms with Crippen molar-refractivity contribution in [2.45, 2.75) is 96.4 Å². The van der Waals surface area contributed by atoms with Crippen LogP contribution in [0.1, 0.15) is 72.6 Å². The molecule has 2 heterocycles. The van der Waals surface area contributed by atoms with Crippen molar-refractivity contribution in [3.63, 3.8) is 0 Å². The third kappa shape index (κ3) is 7.00. The fourth-order valence-electron chi connectivity index (χ4n) is 4.06. The van der Waals surface area contributed by atoms with E-state index in [0.29, 0.717) is 38.3 Å². The molecule has 4 atom stereocenters. The van der Waals surface area contributed by atoms with Gasteiger partial charge in [0, 0.05) is 6.54 Å².